The normalized spacial score (nSPS) is 12.2. The highest BCUT2D eigenvalue weighted by Gasteiger charge is 2.16. The van der Waals surface area contributed by atoms with E-state index in [0.717, 1.165) is 19.3 Å². The molecule has 0 saturated heterocycles. The quantitative estimate of drug-likeness (QED) is 0.288. The van der Waals surface area contributed by atoms with E-state index in [9.17, 15) is 14.4 Å². The molecule has 0 unspecified atom stereocenters. The maximum atomic E-state index is 12.4. The van der Waals surface area contributed by atoms with Gasteiger partial charge < -0.3 is 10.1 Å². The van der Waals surface area contributed by atoms with Crippen molar-refractivity contribution in [2.45, 2.75) is 32.1 Å². The van der Waals surface area contributed by atoms with E-state index in [-0.39, 0.29) is 24.5 Å². The fourth-order valence-corrected chi connectivity index (χ4v) is 3.96. The Labute approximate surface area is 191 Å². The van der Waals surface area contributed by atoms with Crippen molar-refractivity contribution in [1.82, 2.24) is 0 Å². The number of carbonyl (C=O) groups excluding carboxylic acids is 3. The minimum atomic E-state index is -0.479. The number of ketones is 1. The monoisotopic (exact) mass is 447 g/mol. The zero-order valence-corrected chi connectivity index (χ0v) is 18.2. The molecule has 0 spiro atoms. The number of aryl methyl sites for hydroxylation is 2. The van der Waals surface area contributed by atoms with Crippen LogP contribution in [0.25, 0.3) is 0 Å². The molecule has 0 aromatic heterocycles. The van der Waals surface area contributed by atoms with E-state index in [1.807, 2.05) is 18.2 Å². The predicted octanol–water partition coefficient (Wildman–Crippen LogP) is 5.65. The van der Waals surface area contributed by atoms with Crippen molar-refractivity contribution in [2.75, 3.05) is 5.32 Å². The molecule has 162 valence electrons. The summed E-state index contributed by atoms with van der Waals surface area (Å²) >= 11 is 6.04. The molecule has 32 heavy (non-hydrogen) atoms. The molecule has 1 aliphatic rings. The van der Waals surface area contributed by atoms with E-state index in [4.69, 9.17) is 16.3 Å². The first-order valence-electron chi connectivity index (χ1n) is 10.5. The molecule has 3 aromatic rings. The molecule has 0 radical (unpaired) electrons. The molecule has 0 heterocycles. The van der Waals surface area contributed by atoms with Crippen molar-refractivity contribution in [3.63, 3.8) is 0 Å². The zero-order chi connectivity index (χ0) is 22.5. The van der Waals surface area contributed by atoms with Gasteiger partial charge in [-0.25, -0.2) is 0 Å². The smallest absolute Gasteiger partial charge is 0.311 e. The molecule has 0 atom stereocenters. The summed E-state index contributed by atoms with van der Waals surface area (Å²) in [6.07, 6.45) is 3.30. The molecule has 1 N–H and O–H groups in total. The number of Topliss-reactive ketones (excluding diaryl/α,β-unsaturated/α-hetero) is 1. The first-order chi connectivity index (χ1) is 15.5. The van der Waals surface area contributed by atoms with Crippen molar-refractivity contribution in [3.8, 4) is 5.75 Å². The molecule has 4 rings (SSSR count). The van der Waals surface area contributed by atoms with Crippen LogP contribution in [-0.4, -0.2) is 17.7 Å². The number of benzene rings is 3. The van der Waals surface area contributed by atoms with Crippen LogP contribution in [0.5, 0.6) is 5.75 Å². The largest absolute Gasteiger partial charge is 0.427 e. The average Bonchev–Trinajstić information content (AvgIpc) is 3.27. The van der Waals surface area contributed by atoms with Gasteiger partial charge in [0, 0.05) is 17.7 Å². The first kappa shape index (κ1) is 21.8. The molecule has 0 bridgehead atoms. The Kier molecular flexibility index (Phi) is 6.66. The number of carbonyl (C=O) groups is 3. The molecule has 5 nitrogen and oxygen atoms in total. The lowest BCUT2D eigenvalue weighted by Gasteiger charge is -2.08. The molecule has 0 fully saturated rings. The summed E-state index contributed by atoms with van der Waals surface area (Å²) in [5.41, 5.74) is 4.11. The van der Waals surface area contributed by atoms with Gasteiger partial charge in [0.2, 0.25) is 0 Å². The zero-order valence-electron chi connectivity index (χ0n) is 17.4. The van der Waals surface area contributed by atoms with E-state index >= 15 is 0 Å². The van der Waals surface area contributed by atoms with Crippen LogP contribution >= 0.6 is 11.6 Å². The summed E-state index contributed by atoms with van der Waals surface area (Å²) in [7, 11) is 0. The summed E-state index contributed by atoms with van der Waals surface area (Å²) in [4.78, 5) is 36.9. The van der Waals surface area contributed by atoms with Crippen molar-refractivity contribution < 1.29 is 19.1 Å². The minimum absolute atomic E-state index is 0.000904. The number of nitrogens with one attached hydrogen (secondary N) is 1. The molecule has 0 aliphatic heterocycles. The number of hydrogen-bond acceptors (Lipinski definition) is 4. The maximum absolute atomic E-state index is 12.4. The van der Waals surface area contributed by atoms with Gasteiger partial charge in [-0.15, -0.1) is 0 Å². The molecular formula is C26H22ClNO4. The van der Waals surface area contributed by atoms with Crippen molar-refractivity contribution >= 4 is 34.9 Å². The number of anilines is 1. The predicted molar refractivity (Wildman–Crippen MR) is 124 cm³/mol. The van der Waals surface area contributed by atoms with E-state index in [1.165, 1.54) is 11.1 Å². The summed E-state index contributed by atoms with van der Waals surface area (Å²) < 4.78 is 5.31. The molecule has 0 saturated carbocycles. The summed E-state index contributed by atoms with van der Waals surface area (Å²) in [6.45, 7) is 0. The lowest BCUT2D eigenvalue weighted by molar-refractivity contribution is -0.134. The summed E-state index contributed by atoms with van der Waals surface area (Å²) in [6, 6.07) is 19.0. The van der Waals surface area contributed by atoms with Gasteiger partial charge in [0.05, 0.1) is 17.0 Å². The second kappa shape index (κ2) is 9.79. The topological polar surface area (TPSA) is 72.5 Å². The minimum Gasteiger partial charge on any atom is -0.427 e. The molecular weight excluding hydrogens is 426 g/mol. The van der Waals surface area contributed by atoms with Gasteiger partial charge in [0.25, 0.3) is 5.91 Å². The number of esters is 1. The van der Waals surface area contributed by atoms with Gasteiger partial charge in [-0.1, -0.05) is 35.9 Å². The Hall–Kier alpha value is -3.44. The Morgan fingerprint density at radius 3 is 2.41 bits per heavy atom. The first-order valence-corrected chi connectivity index (χ1v) is 10.9. The van der Waals surface area contributed by atoms with Crippen LogP contribution in [0.3, 0.4) is 0 Å². The Balaban J connectivity index is 1.28. The van der Waals surface area contributed by atoms with Gasteiger partial charge in [-0.3, -0.25) is 14.4 Å². The number of fused-ring (bicyclic) bond motifs is 1. The SMILES string of the molecule is O=C(CCC(=O)c1ccc2c(c1)CCC2)Oc1ccc(NC(=O)c2ccccc2Cl)cc1. The average molecular weight is 448 g/mol. The molecule has 1 aliphatic carbocycles. The Morgan fingerprint density at radius 2 is 1.62 bits per heavy atom. The second-order valence-corrected chi connectivity index (χ2v) is 8.10. The van der Waals surface area contributed by atoms with Gasteiger partial charge in [0.1, 0.15) is 5.75 Å². The number of rotatable bonds is 7. The summed E-state index contributed by atoms with van der Waals surface area (Å²) in [5.74, 6) is -0.525. The highest BCUT2D eigenvalue weighted by molar-refractivity contribution is 6.34. The van der Waals surface area contributed by atoms with Crippen LogP contribution in [0, 0.1) is 0 Å². The third kappa shape index (κ3) is 5.24. The van der Waals surface area contributed by atoms with Crippen LogP contribution in [0.4, 0.5) is 5.69 Å². The van der Waals surface area contributed by atoms with Crippen LogP contribution in [0.1, 0.15) is 51.1 Å². The Bertz CT molecular complexity index is 1170. The number of amides is 1. The maximum Gasteiger partial charge on any atom is 0.311 e. The van der Waals surface area contributed by atoms with Crippen molar-refractivity contribution in [2.24, 2.45) is 0 Å². The van der Waals surface area contributed by atoms with Crippen LogP contribution in [0.2, 0.25) is 5.02 Å². The van der Waals surface area contributed by atoms with Crippen LogP contribution in [-0.2, 0) is 17.6 Å². The van der Waals surface area contributed by atoms with Crippen LogP contribution < -0.4 is 10.1 Å². The fourth-order valence-electron chi connectivity index (χ4n) is 3.74. The summed E-state index contributed by atoms with van der Waals surface area (Å²) in [5, 5.41) is 3.11. The van der Waals surface area contributed by atoms with Gasteiger partial charge in [-0.05, 0) is 72.9 Å². The van der Waals surface area contributed by atoms with E-state index < -0.39 is 5.97 Å². The van der Waals surface area contributed by atoms with E-state index in [2.05, 4.69) is 5.32 Å². The van der Waals surface area contributed by atoms with Crippen molar-refractivity contribution in [1.29, 1.82) is 0 Å². The van der Waals surface area contributed by atoms with Gasteiger partial charge in [-0.2, -0.15) is 0 Å². The number of ether oxygens (including phenoxy) is 1. The fraction of sp³-hybridized carbons (Fsp3) is 0.192. The lowest BCUT2D eigenvalue weighted by Crippen LogP contribution is -2.13. The third-order valence-corrected chi connectivity index (χ3v) is 5.77. The van der Waals surface area contributed by atoms with Crippen molar-refractivity contribution in [3.05, 3.63) is 94.0 Å². The lowest BCUT2D eigenvalue weighted by atomic mass is 10.0. The molecule has 3 aromatic carbocycles. The second-order valence-electron chi connectivity index (χ2n) is 7.69. The van der Waals surface area contributed by atoms with E-state index in [1.54, 1.807) is 48.5 Å². The van der Waals surface area contributed by atoms with Gasteiger partial charge >= 0.3 is 5.97 Å². The Morgan fingerprint density at radius 1 is 0.875 bits per heavy atom. The number of halogens is 1. The third-order valence-electron chi connectivity index (χ3n) is 5.44. The standard InChI is InChI=1S/C26H22ClNO4/c27-23-7-2-1-6-22(23)26(31)28-20-10-12-21(13-11-20)32-25(30)15-14-24(29)19-9-8-17-4-3-5-18(17)16-19/h1-2,6-13,16H,3-5,14-15H2,(H,28,31). The molecule has 6 heteroatoms. The van der Waals surface area contributed by atoms with E-state index in [0.29, 0.717) is 27.6 Å². The van der Waals surface area contributed by atoms with Crippen LogP contribution in [0.15, 0.2) is 66.7 Å². The molecule has 1 amide bonds. The highest BCUT2D eigenvalue weighted by Crippen LogP contribution is 2.24. The number of hydrogen-bond donors (Lipinski definition) is 1. The van der Waals surface area contributed by atoms with Gasteiger partial charge in [0.15, 0.2) is 5.78 Å². The highest BCUT2D eigenvalue weighted by atomic mass is 35.5.